The highest BCUT2D eigenvalue weighted by Crippen LogP contribution is 2.32. The number of aromatic nitrogens is 2. The number of nitrogens with zero attached hydrogens (tertiary/aromatic N) is 2. The molecule has 0 radical (unpaired) electrons. The fraction of sp³-hybridized carbons (Fsp3) is 0.333. The summed E-state index contributed by atoms with van der Waals surface area (Å²) in [5.41, 5.74) is 2.81. The van der Waals surface area contributed by atoms with Gasteiger partial charge in [0.05, 0.1) is 36.6 Å². The third-order valence-electron chi connectivity index (χ3n) is 4.91. The molecule has 1 aliphatic rings. The molecule has 4 rings (SSSR count). The van der Waals surface area contributed by atoms with Gasteiger partial charge in [-0.2, -0.15) is 0 Å². The molecule has 0 fully saturated rings. The Labute approximate surface area is 158 Å². The normalized spacial score (nSPS) is 15.8. The Bertz CT molecular complexity index is 966. The van der Waals surface area contributed by atoms with Crippen molar-refractivity contribution in [1.29, 1.82) is 0 Å². The Balaban J connectivity index is 1.50. The van der Waals surface area contributed by atoms with E-state index in [0.29, 0.717) is 13.2 Å². The summed E-state index contributed by atoms with van der Waals surface area (Å²) in [6.07, 6.45) is 2.58. The van der Waals surface area contributed by atoms with Crippen LogP contribution >= 0.6 is 0 Å². The van der Waals surface area contributed by atoms with E-state index in [0.717, 1.165) is 34.5 Å². The molecule has 2 atom stereocenters. The maximum atomic E-state index is 12.8. The summed E-state index contributed by atoms with van der Waals surface area (Å²) >= 11 is 0. The van der Waals surface area contributed by atoms with Gasteiger partial charge in [0.25, 0.3) is 0 Å². The quantitative estimate of drug-likeness (QED) is 0.767. The van der Waals surface area contributed by atoms with Crippen LogP contribution in [0.15, 0.2) is 48.8 Å². The zero-order valence-electron chi connectivity index (χ0n) is 15.5. The van der Waals surface area contributed by atoms with Gasteiger partial charge < -0.3 is 19.4 Å². The second-order valence-electron chi connectivity index (χ2n) is 6.80. The average Bonchev–Trinajstić information content (AvgIpc) is 2.97. The highest BCUT2D eigenvalue weighted by Gasteiger charge is 2.20. The van der Waals surface area contributed by atoms with Crippen molar-refractivity contribution in [3.05, 3.63) is 54.4 Å². The second-order valence-corrected chi connectivity index (χ2v) is 6.80. The van der Waals surface area contributed by atoms with Crippen LogP contribution in [-0.4, -0.2) is 28.7 Å². The monoisotopic (exact) mass is 365 g/mol. The van der Waals surface area contributed by atoms with E-state index in [2.05, 4.69) is 10.3 Å². The van der Waals surface area contributed by atoms with Crippen molar-refractivity contribution in [2.45, 2.75) is 32.4 Å². The molecule has 1 amide bonds. The number of imidazole rings is 1. The van der Waals surface area contributed by atoms with Crippen LogP contribution in [0.1, 0.15) is 37.9 Å². The zero-order valence-corrected chi connectivity index (χ0v) is 15.5. The summed E-state index contributed by atoms with van der Waals surface area (Å²) in [6.45, 7) is 5.15. The number of rotatable bonds is 4. The van der Waals surface area contributed by atoms with Crippen molar-refractivity contribution in [3.63, 3.8) is 0 Å². The van der Waals surface area contributed by atoms with Crippen molar-refractivity contribution in [2.75, 3.05) is 13.2 Å². The molecule has 0 saturated carbocycles. The standard InChI is InChI=1S/C21H23N3O3/c1-14(16-8-9-19-20(12-16)27-11-5-10-26-19)23-21(25)15(2)24-13-22-17-6-3-4-7-18(17)24/h3-4,6-9,12-15H,5,10-11H2,1-2H3,(H,23,25). The van der Waals surface area contributed by atoms with E-state index in [1.54, 1.807) is 6.33 Å². The Hall–Kier alpha value is -3.02. The van der Waals surface area contributed by atoms with Crippen molar-refractivity contribution in [2.24, 2.45) is 0 Å². The van der Waals surface area contributed by atoms with E-state index in [9.17, 15) is 4.79 Å². The van der Waals surface area contributed by atoms with E-state index < -0.39 is 0 Å². The second kappa shape index (κ2) is 7.31. The molecule has 1 aromatic heterocycles. The lowest BCUT2D eigenvalue weighted by molar-refractivity contribution is -0.124. The number of carbonyl (C=O) groups excluding carboxylic acids is 1. The Morgan fingerprint density at radius 3 is 2.74 bits per heavy atom. The van der Waals surface area contributed by atoms with E-state index >= 15 is 0 Å². The molecule has 140 valence electrons. The molecule has 0 bridgehead atoms. The first-order valence-corrected chi connectivity index (χ1v) is 9.25. The van der Waals surface area contributed by atoms with E-state index in [1.807, 2.05) is 60.9 Å². The summed E-state index contributed by atoms with van der Waals surface area (Å²) in [5, 5.41) is 3.09. The van der Waals surface area contributed by atoms with Crippen molar-refractivity contribution < 1.29 is 14.3 Å². The number of fused-ring (bicyclic) bond motifs is 2. The number of carbonyl (C=O) groups is 1. The van der Waals surface area contributed by atoms with Crippen LogP contribution < -0.4 is 14.8 Å². The lowest BCUT2D eigenvalue weighted by Crippen LogP contribution is -2.32. The Morgan fingerprint density at radius 2 is 1.89 bits per heavy atom. The number of ether oxygens (including phenoxy) is 2. The predicted molar refractivity (Wildman–Crippen MR) is 103 cm³/mol. The maximum Gasteiger partial charge on any atom is 0.243 e. The van der Waals surface area contributed by atoms with Crippen molar-refractivity contribution >= 4 is 16.9 Å². The zero-order chi connectivity index (χ0) is 18.8. The van der Waals surface area contributed by atoms with Crippen LogP contribution in [-0.2, 0) is 4.79 Å². The van der Waals surface area contributed by atoms with Gasteiger partial charge in [-0.3, -0.25) is 4.79 Å². The minimum absolute atomic E-state index is 0.0576. The first-order valence-electron chi connectivity index (χ1n) is 9.25. The Kier molecular flexibility index (Phi) is 4.71. The smallest absolute Gasteiger partial charge is 0.243 e. The van der Waals surface area contributed by atoms with Crippen LogP contribution in [0.25, 0.3) is 11.0 Å². The number of nitrogens with one attached hydrogen (secondary N) is 1. The molecule has 2 aromatic carbocycles. The molecule has 0 saturated heterocycles. The third-order valence-corrected chi connectivity index (χ3v) is 4.91. The summed E-state index contributed by atoms with van der Waals surface area (Å²) < 4.78 is 13.3. The molecular weight excluding hydrogens is 342 g/mol. The first-order chi connectivity index (χ1) is 13.1. The topological polar surface area (TPSA) is 65.4 Å². The SMILES string of the molecule is CC(NC(=O)C(C)n1cnc2ccccc21)c1ccc2c(c1)OCCCO2. The van der Waals surface area contributed by atoms with Gasteiger partial charge in [0.1, 0.15) is 6.04 Å². The maximum absolute atomic E-state index is 12.8. The van der Waals surface area contributed by atoms with Gasteiger partial charge in [0, 0.05) is 6.42 Å². The minimum atomic E-state index is -0.361. The van der Waals surface area contributed by atoms with E-state index in [4.69, 9.17) is 9.47 Å². The van der Waals surface area contributed by atoms with Gasteiger partial charge in [0.2, 0.25) is 5.91 Å². The van der Waals surface area contributed by atoms with Crippen LogP contribution in [0.3, 0.4) is 0 Å². The highest BCUT2D eigenvalue weighted by atomic mass is 16.5. The van der Waals surface area contributed by atoms with Gasteiger partial charge in [0.15, 0.2) is 11.5 Å². The number of benzene rings is 2. The molecule has 6 nitrogen and oxygen atoms in total. The van der Waals surface area contributed by atoms with Gasteiger partial charge >= 0.3 is 0 Å². The third kappa shape index (κ3) is 3.47. The molecule has 0 aliphatic carbocycles. The van der Waals surface area contributed by atoms with Gasteiger partial charge in [-0.1, -0.05) is 18.2 Å². The summed E-state index contributed by atoms with van der Waals surface area (Å²) in [6, 6.07) is 13.1. The predicted octanol–water partition coefficient (Wildman–Crippen LogP) is 3.64. The molecule has 2 unspecified atom stereocenters. The summed E-state index contributed by atoms with van der Waals surface area (Å²) in [4.78, 5) is 17.2. The largest absolute Gasteiger partial charge is 0.490 e. The van der Waals surface area contributed by atoms with Gasteiger partial charge in [-0.05, 0) is 43.7 Å². The number of hydrogen-bond donors (Lipinski definition) is 1. The molecule has 1 aliphatic heterocycles. The number of para-hydroxylation sites is 2. The average molecular weight is 365 g/mol. The van der Waals surface area contributed by atoms with Crippen LogP contribution in [0, 0.1) is 0 Å². The van der Waals surface area contributed by atoms with E-state index in [-0.39, 0.29) is 18.0 Å². The first kappa shape index (κ1) is 17.4. The highest BCUT2D eigenvalue weighted by molar-refractivity contribution is 5.83. The lowest BCUT2D eigenvalue weighted by Gasteiger charge is -2.20. The lowest BCUT2D eigenvalue weighted by atomic mass is 10.1. The van der Waals surface area contributed by atoms with Crippen LogP contribution in [0.2, 0.25) is 0 Å². The fourth-order valence-corrected chi connectivity index (χ4v) is 3.28. The molecule has 27 heavy (non-hydrogen) atoms. The van der Waals surface area contributed by atoms with Crippen LogP contribution in [0.5, 0.6) is 11.5 Å². The van der Waals surface area contributed by atoms with Crippen LogP contribution in [0.4, 0.5) is 0 Å². The number of amides is 1. The molecule has 1 N–H and O–H groups in total. The van der Waals surface area contributed by atoms with E-state index in [1.165, 1.54) is 0 Å². The molecule has 2 heterocycles. The molecule has 6 heteroatoms. The summed E-state index contributed by atoms with van der Waals surface area (Å²) in [7, 11) is 0. The molecular formula is C21H23N3O3. The summed E-state index contributed by atoms with van der Waals surface area (Å²) in [5.74, 6) is 1.44. The molecule has 3 aromatic rings. The van der Waals surface area contributed by atoms with Crippen molar-refractivity contribution in [3.8, 4) is 11.5 Å². The number of hydrogen-bond acceptors (Lipinski definition) is 4. The van der Waals surface area contributed by atoms with Crippen molar-refractivity contribution in [1.82, 2.24) is 14.9 Å². The molecule has 0 spiro atoms. The minimum Gasteiger partial charge on any atom is -0.490 e. The van der Waals surface area contributed by atoms with Gasteiger partial charge in [-0.25, -0.2) is 4.98 Å². The Morgan fingerprint density at radius 1 is 1.11 bits per heavy atom. The fourth-order valence-electron chi connectivity index (χ4n) is 3.28. The van der Waals surface area contributed by atoms with Gasteiger partial charge in [-0.15, -0.1) is 0 Å².